The lowest BCUT2D eigenvalue weighted by atomic mass is 10.1. The molecule has 0 amide bonds. The number of esters is 1. The van der Waals surface area contributed by atoms with Gasteiger partial charge in [-0.1, -0.05) is 24.6 Å². The van der Waals surface area contributed by atoms with Crippen molar-refractivity contribution >= 4 is 23.0 Å². The van der Waals surface area contributed by atoms with E-state index in [9.17, 15) is 25.0 Å². The SMILES string of the molecule is CN(CCCCCCOC(=O)c1cc([N+](=O)[O-])cc([N+](=O)[O-])c1)c1ccccc1. The smallest absolute Gasteiger partial charge is 0.338 e. The van der Waals surface area contributed by atoms with Crippen molar-refractivity contribution < 1.29 is 19.4 Å². The summed E-state index contributed by atoms with van der Waals surface area (Å²) in [5.74, 6) is -0.805. The number of nitrogens with zero attached hydrogens (tertiary/aromatic N) is 3. The third-order valence-electron chi connectivity index (χ3n) is 4.38. The van der Waals surface area contributed by atoms with Crippen LogP contribution in [0, 0.1) is 20.2 Å². The molecular formula is C20H23N3O6. The first-order chi connectivity index (χ1) is 13.9. The highest BCUT2D eigenvalue weighted by Gasteiger charge is 2.20. The zero-order chi connectivity index (χ0) is 21.2. The summed E-state index contributed by atoms with van der Waals surface area (Å²) in [6.45, 7) is 1.07. The molecule has 0 saturated carbocycles. The van der Waals surface area contributed by atoms with Crippen molar-refractivity contribution in [3.8, 4) is 0 Å². The van der Waals surface area contributed by atoms with Crippen molar-refractivity contribution in [1.29, 1.82) is 0 Å². The number of rotatable bonds is 11. The van der Waals surface area contributed by atoms with Crippen molar-refractivity contribution in [2.45, 2.75) is 25.7 Å². The Morgan fingerprint density at radius 2 is 1.52 bits per heavy atom. The van der Waals surface area contributed by atoms with E-state index < -0.39 is 27.2 Å². The largest absolute Gasteiger partial charge is 0.462 e. The number of hydrogen-bond donors (Lipinski definition) is 0. The molecule has 0 radical (unpaired) electrons. The first kappa shape index (κ1) is 21.8. The van der Waals surface area contributed by atoms with Gasteiger partial charge in [-0.2, -0.15) is 0 Å². The van der Waals surface area contributed by atoms with Crippen LogP contribution >= 0.6 is 0 Å². The molecule has 0 aliphatic heterocycles. The normalized spacial score (nSPS) is 10.4. The molecule has 0 atom stereocenters. The van der Waals surface area contributed by atoms with Crippen LogP contribution in [-0.2, 0) is 4.74 Å². The third-order valence-corrected chi connectivity index (χ3v) is 4.38. The van der Waals surface area contributed by atoms with Crippen LogP contribution in [0.4, 0.5) is 17.1 Å². The Hall–Kier alpha value is -3.49. The van der Waals surface area contributed by atoms with Crippen LogP contribution in [-0.4, -0.2) is 36.0 Å². The van der Waals surface area contributed by atoms with E-state index in [4.69, 9.17) is 4.74 Å². The van der Waals surface area contributed by atoms with Crippen molar-refractivity contribution in [3.63, 3.8) is 0 Å². The molecule has 0 N–H and O–H groups in total. The minimum Gasteiger partial charge on any atom is -0.462 e. The Balaban J connectivity index is 1.72. The zero-order valence-electron chi connectivity index (χ0n) is 16.2. The summed E-state index contributed by atoms with van der Waals surface area (Å²) in [7, 11) is 2.04. The second-order valence-corrected chi connectivity index (χ2v) is 6.56. The van der Waals surface area contributed by atoms with Gasteiger partial charge in [-0.05, 0) is 31.4 Å². The van der Waals surface area contributed by atoms with Crippen LogP contribution in [0.15, 0.2) is 48.5 Å². The number of carbonyl (C=O) groups excluding carboxylic acids is 1. The topological polar surface area (TPSA) is 116 Å². The number of hydrogen-bond acceptors (Lipinski definition) is 7. The van der Waals surface area contributed by atoms with E-state index in [1.165, 1.54) is 0 Å². The van der Waals surface area contributed by atoms with Gasteiger partial charge in [-0.25, -0.2) is 4.79 Å². The van der Waals surface area contributed by atoms with Crippen LogP contribution in [0.3, 0.4) is 0 Å². The van der Waals surface area contributed by atoms with Gasteiger partial charge in [0.05, 0.1) is 28.1 Å². The van der Waals surface area contributed by atoms with E-state index in [1.807, 2.05) is 25.2 Å². The zero-order valence-corrected chi connectivity index (χ0v) is 16.2. The van der Waals surface area contributed by atoms with Crippen LogP contribution in [0.25, 0.3) is 0 Å². The van der Waals surface area contributed by atoms with Crippen LogP contribution in [0.1, 0.15) is 36.0 Å². The molecule has 0 saturated heterocycles. The lowest BCUT2D eigenvalue weighted by molar-refractivity contribution is -0.394. The summed E-state index contributed by atoms with van der Waals surface area (Å²) in [5.41, 5.74) is -0.0785. The molecule has 0 unspecified atom stereocenters. The van der Waals surface area contributed by atoms with Crippen molar-refractivity contribution in [1.82, 2.24) is 0 Å². The third kappa shape index (κ3) is 6.87. The molecule has 0 bridgehead atoms. The van der Waals surface area contributed by atoms with E-state index in [0.29, 0.717) is 6.42 Å². The number of ether oxygens (including phenoxy) is 1. The van der Waals surface area contributed by atoms with Crippen molar-refractivity contribution in [2.75, 3.05) is 25.1 Å². The second kappa shape index (κ2) is 10.7. The van der Waals surface area contributed by atoms with Crippen molar-refractivity contribution in [3.05, 3.63) is 74.3 Å². The monoisotopic (exact) mass is 401 g/mol. The van der Waals surface area contributed by atoms with E-state index in [2.05, 4.69) is 17.0 Å². The number of unbranched alkanes of at least 4 members (excludes halogenated alkanes) is 3. The molecule has 9 nitrogen and oxygen atoms in total. The molecule has 29 heavy (non-hydrogen) atoms. The predicted octanol–water partition coefficient (Wildman–Crippen LogP) is 4.36. The van der Waals surface area contributed by atoms with Gasteiger partial charge in [-0.3, -0.25) is 20.2 Å². The average Bonchev–Trinajstić information content (AvgIpc) is 2.72. The molecule has 9 heteroatoms. The van der Waals surface area contributed by atoms with E-state index in [1.54, 1.807) is 0 Å². The summed E-state index contributed by atoms with van der Waals surface area (Å²) in [5, 5.41) is 21.8. The van der Waals surface area contributed by atoms with Gasteiger partial charge < -0.3 is 9.64 Å². The fourth-order valence-corrected chi connectivity index (χ4v) is 2.79. The van der Waals surface area contributed by atoms with E-state index >= 15 is 0 Å². The predicted molar refractivity (Wildman–Crippen MR) is 108 cm³/mol. The Morgan fingerprint density at radius 1 is 0.931 bits per heavy atom. The minimum atomic E-state index is -0.805. The maximum atomic E-state index is 12.1. The standard InChI is InChI=1S/C20H23N3O6/c1-21(17-9-5-4-6-10-17)11-7-2-3-8-12-29-20(24)16-13-18(22(25)26)15-19(14-16)23(27)28/h4-6,9-10,13-15H,2-3,7-8,11-12H2,1H3. The number of para-hydroxylation sites is 1. The second-order valence-electron chi connectivity index (χ2n) is 6.56. The maximum Gasteiger partial charge on any atom is 0.338 e. The Kier molecular flexibility index (Phi) is 8.08. The quantitative estimate of drug-likeness (QED) is 0.238. The molecule has 2 aromatic rings. The fourth-order valence-electron chi connectivity index (χ4n) is 2.79. The highest BCUT2D eigenvalue weighted by molar-refractivity contribution is 5.91. The summed E-state index contributed by atoms with van der Waals surface area (Å²) >= 11 is 0. The number of non-ortho nitro benzene ring substituents is 2. The summed E-state index contributed by atoms with van der Waals surface area (Å²) in [4.78, 5) is 34.4. The number of carbonyl (C=O) groups is 1. The Morgan fingerprint density at radius 3 is 2.10 bits per heavy atom. The molecule has 0 aliphatic carbocycles. The van der Waals surface area contributed by atoms with Gasteiger partial charge in [0.1, 0.15) is 0 Å². The molecule has 0 aromatic heterocycles. The van der Waals surface area contributed by atoms with Crippen LogP contribution in [0.2, 0.25) is 0 Å². The van der Waals surface area contributed by atoms with Gasteiger partial charge in [0.2, 0.25) is 0 Å². The number of anilines is 1. The highest BCUT2D eigenvalue weighted by Crippen LogP contribution is 2.23. The molecule has 0 aliphatic rings. The number of nitro groups is 2. The molecule has 2 aromatic carbocycles. The van der Waals surface area contributed by atoms with Gasteiger partial charge >= 0.3 is 5.97 Å². The molecule has 0 spiro atoms. The number of nitro benzene ring substituents is 2. The summed E-state index contributed by atoms with van der Waals surface area (Å²) < 4.78 is 5.10. The lowest BCUT2D eigenvalue weighted by Crippen LogP contribution is -2.18. The van der Waals surface area contributed by atoms with E-state index in [0.717, 1.165) is 49.7 Å². The van der Waals surface area contributed by atoms with Crippen LogP contribution < -0.4 is 4.90 Å². The minimum absolute atomic E-state index is 0.157. The van der Waals surface area contributed by atoms with Gasteiger partial charge in [0.25, 0.3) is 11.4 Å². The van der Waals surface area contributed by atoms with E-state index in [-0.39, 0.29) is 12.2 Å². The first-order valence-corrected chi connectivity index (χ1v) is 9.25. The summed E-state index contributed by atoms with van der Waals surface area (Å²) in [6.07, 6.45) is 3.48. The first-order valence-electron chi connectivity index (χ1n) is 9.25. The van der Waals surface area contributed by atoms with Gasteiger partial charge in [0.15, 0.2) is 0 Å². The van der Waals surface area contributed by atoms with Crippen LogP contribution in [0.5, 0.6) is 0 Å². The maximum absolute atomic E-state index is 12.1. The Labute approximate surface area is 168 Å². The summed E-state index contributed by atoms with van der Waals surface area (Å²) in [6, 6.07) is 12.8. The molecule has 0 fully saturated rings. The van der Waals surface area contributed by atoms with Gasteiger partial charge in [0, 0.05) is 31.4 Å². The molecule has 2 rings (SSSR count). The number of benzene rings is 2. The van der Waals surface area contributed by atoms with Crippen molar-refractivity contribution in [2.24, 2.45) is 0 Å². The molecule has 0 heterocycles. The lowest BCUT2D eigenvalue weighted by Gasteiger charge is -2.18. The molecular weight excluding hydrogens is 378 g/mol. The fraction of sp³-hybridized carbons (Fsp3) is 0.350. The van der Waals surface area contributed by atoms with Gasteiger partial charge in [-0.15, -0.1) is 0 Å². The average molecular weight is 401 g/mol. The highest BCUT2D eigenvalue weighted by atomic mass is 16.6. The molecule has 154 valence electrons. The Bertz CT molecular complexity index is 824.